The van der Waals surface area contributed by atoms with Gasteiger partial charge in [0.25, 0.3) is 0 Å². The number of nitrogens with zero attached hydrogens (tertiary/aromatic N) is 1. The van der Waals surface area contributed by atoms with Crippen molar-refractivity contribution in [1.29, 1.82) is 0 Å². The van der Waals surface area contributed by atoms with Gasteiger partial charge in [-0.05, 0) is 24.7 Å². The van der Waals surface area contributed by atoms with Crippen LogP contribution in [-0.4, -0.2) is 18.1 Å². The second-order valence-corrected chi connectivity index (χ2v) is 4.42. The first-order valence-electron chi connectivity index (χ1n) is 5.02. The Labute approximate surface area is 77.1 Å². The molecule has 0 aliphatic carbocycles. The van der Waals surface area contributed by atoms with Gasteiger partial charge in [0.2, 0.25) is 0 Å². The van der Waals surface area contributed by atoms with E-state index in [1.165, 1.54) is 12.8 Å². The van der Waals surface area contributed by atoms with E-state index in [1.54, 1.807) is 0 Å². The van der Waals surface area contributed by atoms with Gasteiger partial charge in [-0.1, -0.05) is 27.7 Å². The average Bonchev–Trinajstić information content (AvgIpc) is 1.84. The van der Waals surface area contributed by atoms with Crippen LogP contribution < -0.4 is 5.84 Å². The molecule has 0 unspecified atom stereocenters. The molecule has 2 heteroatoms. The average molecular weight is 172 g/mol. The number of rotatable bonds is 6. The van der Waals surface area contributed by atoms with E-state index in [0.29, 0.717) is 5.92 Å². The smallest absolute Gasteiger partial charge is 0.0151 e. The molecule has 12 heavy (non-hydrogen) atoms. The van der Waals surface area contributed by atoms with Crippen LogP contribution in [-0.2, 0) is 0 Å². The fourth-order valence-electron chi connectivity index (χ4n) is 1.26. The van der Waals surface area contributed by atoms with Crippen molar-refractivity contribution in [2.24, 2.45) is 17.7 Å². The zero-order valence-electron chi connectivity index (χ0n) is 9.01. The van der Waals surface area contributed by atoms with E-state index in [4.69, 9.17) is 5.84 Å². The molecule has 0 saturated heterocycles. The van der Waals surface area contributed by atoms with Crippen molar-refractivity contribution >= 4 is 0 Å². The van der Waals surface area contributed by atoms with Gasteiger partial charge in [0.1, 0.15) is 0 Å². The van der Waals surface area contributed by atoms with Crippen molar-refractivity contribution in [2.45, 2.75) is 40.5 Å². The highest BCUT2D eigenvalue weighted by atomic mass is 15.4. The highest BCUT2D eigenvalue weighted by molar-refractivity contribution is 4.54. The van der Waals surface area contributed by atoms with Crippen molar-refractivity contribution < 1.29 is 0 Å². The lowest BCUT2D eigenvalue weighted by atomic mass is 10.1. The summed E-state index contributed by atoms with van der Waals surface area (Å²) in [4.78, 5) is 0. The maximum Gasteiger partial charge on any atom is 0.0151 e. The van der Waals surface area contributed by atoms with Crippen LogP contribution >= 0.6 is 0 Å². The Balaban J connectivity index is 3.25. The summed E-state index contributed by atoms with van der Waals surface area (Å²) in [6.07, 6.45) is 2.51. The van der Waals surface area contributed by atoms with Crippen LogP contribution in [0, 0.1) is 11.8 Å². The van der Waals surface area contributed by atoms with Crippen LogP contribution in [0.3, 0.4) is 0 Å². The van der Waals surface area contributed by atoms with E-state index >= 15 is 0 Å². The lowest BCUT2D eigenvalue weighted by molar-refractivity contribution is 0.242. The molecule has 0 heterocycles. The standard InChI is InChI=1S/C10H24N2/c1-9(2)6-5-7-12(11)8-10(3)4/h9-10H,5-8,11H2,1-4H3. The molecule has 2 N–H and O–H groups in total. The molecule has 0 aliphatic heterocycles. The molecule has 0 aromatic heterocycles. The topological polar surface area (TPSA) is 29.3 Å². The molecule has 0 radical (unpaired) electrons. The van der Waals surface area contributed by atoms with E-state index < -0.39 is 0 Å². The Morgan fingerprint density at radius 1 is 1.08 bits per heavy atom. The molecule has 0 saturated carbocycles. The van der Waals surface area contributed by atoms with E-state index in [1.807, 2.05) is 5.01 Å². The SMILES string of the molecule is CC(C)CCCN(N)CC(C)C. The first kappa shape index (κ1) is 11.9. The number of hydrogen-bond donors (Lipinski definition) is 1. The van der Waals surface area contributed by atoms with Crippen molar-refractivity contribution in [3.63, 3.8) is 0 Å². The Kier molecular flexibility index (Phi) is 6.39. The van der Waals surface area contributed by atoms with Gasteiger partial charge in [-0.3, -0.25) is 5.84 Å². The Bertz CT molecular complexity index is 100. The molecule has 0 bridgehead atoms. The lowest BCUT2D eigenvalue weighted by Gasteiger charge is -2.18. The van der Waals surface area contributed by atoms with E-state index in [9.17, 15) is 0 Å². The monoisotopic (exact) mass is 172 g/mol. The molecule has 0 amide bonds. The molecule has 0 rings (SSSR count). The zero-order chi connectivity index (χ0) is 9.56. The van der Waals surface area contributed by atoms with Crippen LogP contribution in [0.1, 0.15) is 40.5 Å². The van der Waals surface area contributed by atoms with Gasteiger partial charge in [0.15, 0.2) is 0 Å². The molecule has 0 atom stereocenters. The minimum absolute atomic E-state index is 0.675. The predicted octanol–water partition coefficient (Wildman–Crippen LogP) is 2.25. The van der Waals surface area contributed by atoms with Crippen molar-refractivity contribution in [3.8, 4) is 0 Å². The largest absolute Gasteiger partial charge is 0.269 e. The first-order valence-corrected chi connectivity index (χ1v) is 5.02. The highest BCUT2D eigenvalue weighted by Gasteiger charge is 2.02. The summed E-state index contributed by atoms with van der Waals surface area (Å²) in [6, 6.07) is 0. The molecular formula is C10H24N2. The third-order valence-corrected chi connectivity index (χ3v) is 1.83. The minimum Gasteiger partial charge on any atom is -0.269 e. The maximum atomic E-state index is 5.79. The van der Waals surface area contributed by atoms with Crippen molar-refractivity contribution in [2.75, 3.05) is 13.1 Å². The predicted molar refractivity (Wildman–Crippen MR) is 54.7 cm³/mol. The maximum absolute atomic E-state index is 5.79. The number of nitrogens with two attached hydrogens (primary N) is 1. The summed E-state index contributed by atoms with van der Waals surface area (Å²) in [7, 11) is 0. The summed E-state index contributed by atoms with van der Waals surface area (Å²) >= 11 is 0. The first-order chi connectivity index (χ1) is 5.52. The van der Waals surface area contributed by atoms with E-state index in [-0.39, 0.29) is 0 Å². The molecule has 0 fully saturated rings. The summed E-state index contributed by atoms with van der Waals surface area (Å²) in [5.74, 6) is 7.27. The summed E-state index contributed by atoms with van der Waals surface area (Å²) in [6.45, 7) is 11.0. The minimum atomic E-state index is 0.675. The second-order valence-electron chi connectivity index (χ2n) is 4.42. The highest BCUT2D eigenvalue weighted by Crippen LogP contribution is 2.04. The van der Waals surface area contributed by atoms with Crippen LogP contribution in [0.2, 0.25) is 0 Å². The van der Waals surface area contributed by atoms with Crippen molar-refractivity contribution in [3.05, 3.63) is 0 Å². The molecule has 0 aliphatic rings. The van der Waals surface area contributed by atoms with Gasteiger partial charge in [-0.2, -0.15) is 0 Å². The van der Waals surface area contributed by atoms with Crippen LogP contribution in [0.5, 0.6) is 0 Å². The molecule has 2 nitrogen and oxygen atoms in total. The Hall–Kier alpha value is -0.0800. The van der Waals surface area contributed by atoms with Crippen molar-refractivity contribution in [1.82, 2.24) is 5.01 Å². The lowest BCUT2D eigenvalue weighted by Crippen LogP contribution is -2.35. The van der Waals surface area contributed by atoms with Crippen LogP contribution in [0.25, 0.3) is 0 Å². The van der Waals surface area contributed by atoms with Crippen LogP contribution in [0.15, 0.2) is 0 Å². The summed E-state index contributed by atoms with van der Waals surface area (Å²) < 4.78 is 0. The van der Waals surface area contributed by atoms with E-state index in [0.717, 1.165) is 19.0 Å². The quantitative estimate of drug-likeness (QED) is 0.492. The molecule has 74 valence electrons. The molecule has 0 aromatic carbocycles. The third kappa shape index (κ3) is 8.02. The van der Waals surface area contributed by atoms with Gasteiger partial charge in [0, 0.05) is 13.1 Å². The number of hydrazine groups is 1. The zero-order valence-corrected chi connectivity index (χ0v) is 9.01. The fourth-order valence-corrected chi connectivity index (χ4v) is 1.26. The molecule has 0 aromatic rings. The number of hydrogen-bond acceptors (Lipinski definition) is 2. The fraction of sp³-hybridized carbons (Fsp3) is 1.00. The Morgan fingerprint density at radius 2 is 1.67 bits per heavy atom. The summed E-state index contributed by atoms with van der Waals surface area (Å²) in [5, 5.41) is 1.94. The second kappa shape index (κ2) is 6.44. The summed E-state index contributed by atoms with van der Waals surface area (Å²) in [5.41, 5.74) is 0. The molecule has 0 spiro atoms. The van der Waals surface area contributed by atoms with Gasteiger partial charge in [0.05, 0.1) is 0 Å². The normalized spacial score (nSPS) is 12.0. The van der Waals surface area contributed by atoms with E-state index in [2.05, 4.69) is 27.7 Å². The van der Waals surface area contributed by atoms with Gasteiger partial charge in [-0.25, -0.2) is 5.01 Å². The van der Waals surface area contributed by atoms with Crippen LogP contribution in [0.4, 0.5) is 0 Å². The molecular weight excluding hydrogens is 148 g/mol. The third-order valence-electron chi connectivity index (χ3n) is 1.83. The van der Waals surface area contributed by atoms with Gasteiger partial charge in [-0.15, -0.1) is 0 Å². The Morgan fingerprint density at radius 3 is 2.08 bits per heavy atom. The van der Waals surface area contributed by atoms with Gasteiger partial charge >= 0.3 is 0 Å². The van der Waals surface area contributed by atoms with Gasteiger partial charge < -0.3 is 0 Å².